The smallest absolute Gasteiger partial charge is 0.326 e. The Labute approximate surface area is 131 Å². The molecule has 0 saturated heterocycles. The van der Waals surface area contributed by atoms with E-state index in [2.05, 4.69) is 11.9 Å². The van der Waals surface area contributed by atoms with E-state index in [1.165, 1.54) is 11.0 Å². The molecule has 2 aromatic rings. The highest BCUT2D eigenvalue weighted by molar-refractivity contribution is 5.79. The number of carbonyl (C=O) groups excluding carboxylic acids is 1. The molecule has 7 heteroatoms. The van der Waals surface area contributed by atoms with E-state index in [0.717, 1.165) is 0 Å². The molecule has 0 unspecified atom stereocenters. The molecule has 0 spiro atoms. The van der Waals surface area contributed by atoms with Gasteiger partial charge in [-0.25, -0.2) is 4.79 Å². The van der Waals surface area contributed by atoms with Crippen molar-refractivity contribution in [3.05, 3.63) is 76.8 Å². The van der Waals surface area contributed by atoms with Crippen LogP contribution in [-0.2, 0) is 6.54 Å². The number of nitro benzene ring substituents is 1. The van der Waals surface area contributed by atoms with Crippen molar-refractivity contribution in [2.75, 3.05) is 0 Å². The van der Waals surface area contributed by atoms with Gasteiger partial charge in [0.1, 0.15) is 11.5 Å². The first-order valence-corrected chi connectivity index (χ1v) is 6.82. The SMILES string of the molecule is C=C1C=CN(Cc2ccc(-c3ccccc3[N+](=O)[O-])o2)C(=O)N1. The fraction of sp³-hybridized carbons (Fsp3) is 0.0625. The van der Waals surface area contributed by atoms with Gasteiger partial charge < -0.3 is 9.73 Å². The van der Waals surface area contributed by atoms with E-state index < -0.39 is 4.92 Å². The molecule has 0 bridgehead atoms. The molecular formula is C16H13N3O4. The van der Waals surface area contributed by atoms with E-state index in [1.54, 1.807) is 42.6 Å². The van der Waals surface area contributed by atoms with Crippen LogP contribution < -0.4 is 5.32 Å². The van der Waals surface area contributed by atoms with E-state index in [0.29, 0.717) is 22.8 Å². The van der Waals surface area contributed by atoms with Crippen molar-refractivity contribution in [2.45, 2.75) is 6.54 Å². The number of furan rings is 1. The number of urea groups is 1. The summed E-state index contributed by atoms with van der Waals surface area (Å²) in [7, 11) is 0. The van der Waals surface area contributed by atoms with Crippen LogP contribution in [0.3, 0.4) is 0 Å². The van der Waals surface area contributed by atoms with Crippen LogP contribution in [0.15, 0.2) is 65.4 Å². The van der Waals surface area contributed by atoms with Crippen molar-refractivity contribution < 1.29 is 14.1 Å². The third-order valence-corrected chi connectivity index (χ3v) is 3.34. The van der Waals surface area contributed by atoms with Crippen LogP contribution in [0.1, 0.15) is 5.76 Å². The zero-order valence-electron chi connectivity index (χ0n) is 12.1. The van der Waals surface area contributed by atoms with Crippen LogP contribution >= 0.6 is 0 Å². The van der Waals surface area contributed by atoms with Crippen LogP contribution in [0, 0.1) is 10.1 Å². The first kappa shape index (κ1) is 14.6. The Bertz CT molecular complexity index is 822. The van der Waals surface area contributed by atoms with Crippen LogP contribution in [0.2, 0.25) is 0 Å². The van der Waals surface area contributed by atoms with E-state index in [-0.39, 0.29) is 18.3 Å². The number of amides is 2. The summed E-state index contributed by atoms with van der Waals surface area (Å²) < 4.78 is 5.66. The molecule has 0 atom stereocenters. The van der Waals surface area contributed by atoms with Gasteiger partial charge in [0.15, 0.2) is 0 Å². The van der Waals surface area contributed by atoms with Gasteiger partial charge in [0.25, 0.3) is 5.69 Å². The molecule has 2 heterocycles. The highest BCUT2D eigenvalue weighted by atomic mass is 16.6. The van der Waals surface area contributed by atoms with Crippen molar-refractivity contribution in [3.8, 4) is 11.3 Å². The van der Waals surface area contributed by atoms with Gasteiger partial charge >= 0.3 is 6.03 Å². The topological polar surface area (TPSA) is 88.6 Å². The summed E-state index contributed by atoms with van der Waals surface area (Å²) in [5.41, 5.74) is 0.891. The molecule has 7 nitrogen and oxygen atoms in total. The molecule has 1 N–H and O–H groups in total. The maximum atomic E-state index is 11.8. The Balaban J connectivity index is 1.84. The third-order valence-electron chi connectivity index (χ3n) is 3.34. The summed E-state index contributed by atoms with van der Waals surface area (Å²) in [6.45, 7) is 3.86. The summed E-state index contributed by atoms with van der Waals surface area (Å²) in [6, 6.07) is 9.39. The summed E-state index contributed by atoms with van der Waals surface area (Å²) in [5, 5.41) is 13.7. The van der Waals surface area contributed by atoms with Crippen molar-refractivity contribution in [2.24, 2.45) is 0 Å². The minimum atomic E-state index is -0.454. The standard InChI is InChI=1S/C16H13N3O4/c1-11-8-9-18(16(20)17-11)10-12-6-7-15(23-12)13-4-2-3-5-14(13)19(21)22/h2-9H,1,10H2,(H,17,20). The first-order valence-electron chi connectivity index (χ1n) is 6.82. The molecule has 1 aliphatic heterocycles. The minimum absolute atomic E-state index is 0.0275. The molecule has 0 fully saturated rings. The highest BCUT2D eigenvalue weighted by Gasteiger charge is 2.20. The quantitative estimate of drug-likeness (QED) is 0.692. The van der Waals surface area contributed by atoms with Gasteiger partial charge in [-0.05, 0) is 24.3 Å². The number of allylic oxidation sites excluding steroid dienone is 1. The Morgan fingerprint density at radius 2 is 2.04 bits per heavy atom. The second kappa shape index (κ2) is 5.80. The summed E-state index contributed by atoms with van der Waals surface area (Å²) in [5.74, 6) is 0.906. The lowest BCUT2D eigenvalue weighted by Gasteiger charge is -2.22. The molecular weight excluding hydrogens is 298 g/mol. The number of nitro groups is 1. The lowest BCUT2D eigenvalue weighted by Crippen LogP contribution is -2.37. The van der Waals surface area contributed by atoms with Gasteiger partial charge in [0.05, 0.1) is 17.0 Å². The van der Waals surface area contributed by atoms with Gasteiger partial charge in [0.2, 0.25) is 0 Å². The highest BCUT2D eigenvalue weighted by Crippen LogP contribution is 2.31. The van der Waals surface area contributed by atoms with Gasteiger partial charge in [0, 0.05) is 18.0 Å². The summed E-state index contributed by atoms with van der Waals surface area (Å²) in [4.78, 5) is 23.9. The van der Waals surface area contributed by atoms with E-state index in [4.69, 9.17) is 4.42 Å². The molecule has 0 aliphatic carbocycles. The fourth-order valence-corrected chi connectivity index (χ4v) is 2.24. The number of hydrogen-bond acceptors (Lipinski definition) is 4. The van der Waals surface area contributed by atoms with E-state index in [9.17, 15) is 14.9 Å². The maximum Gasteiger partial charge on any atom is 0.326 e. The average Bonchev–Trinajstić information content (AvgIpc) is 2.98. The molecule has 0 radical (unpaired) electrons. The molecule has 2 amide bonds. The monoisotopic (exact) mass is 311 g/mol. The number of para-hydroxylation sites is 1. The van der Waals surface area contributed by atoms with E-state index in [1.807, 2.05) is 0 Å². The van der Waals surface area contributed by atoms with Crippen molar-refractivity contribution in [3.63, 3.8) is 0 Å². The fourth-order valence-electron chi connectivity index (χ4n) is 2.24. The van der Waals surface area contributed by atoms with Crippen LogP contribution in [0.5, 0.6) is 0 Å². The summed E-state index contributed by atoms with van der Waals surface area (Å²) in [6.07, 6.45) is 3.28. The molecule has 116 valence electrons. The van der Waals surface area contributed by atoms with Gasteiger partial charge in [-0.15, -0.1) is 0 Å². The molecule has 1 aromatic carbocycles. The Hall–Kier alpha value is -3.35. The average molecular weight is 311 g/mol. The first-order chi connectivity index (χ1) is 11.0. The van der Waals surface area contributed by atoms with Crippen molar-refractivity contribution in [1.82, 2.24) is 10.2 Å². The molecule has 0 saturated carbocycles. The molecule has 1 aromatic heterocycles. The van der Waals surface area contributed by atoms with Crippen molar-refractivity contribution >= 4 is 11.7 Å². The second-order valence-corrected chi connectivity index (χ2v) is 4.94. The third kappa shape index (κ3) is 2.98. The largest absolute Gasteiger partial charge is 0.459 e. The van der Waals surface area contributed by atoms with Gasteiger partial charge in [-0.3, -0.25) is 15.0 Å². The second-order valence-electron chi connectivity index (χ2n) is 4.94. The number of carbonyl (C=O) groups is 1. The van der Waals surface area contributed by atoms with Crippen LogP contribution in [0.25, 0.3) is 11.3 Å². The minimum Gasteiger partial charge on any atom is -0.459 e. The molecule has 23 heavy (non-hydrogen) atoms. The zero-order valence-corrected chi connectivity index (χ0v) is 12.1. The summed E-state index contributed by atoms with van der Waals surface area (Å²) >= 11 is 0. The van der Waals surface area contributed by atoms with E-state index >= 15 is 0 Å². The number of nitrogens with zero attached hydrogens (tertiary/aromatic N) is 2. The van der Waals surface area contributed by atoms with Gasteiger partial charge in [-0.2, -0.15) is 0 Å². The van der Waals surface area contributed by atoms with Crippen molar-refractivity contribution in [1.29, 1.82) is 0 Å². The zero-order chi connectivity index (χ0) is 16.4. The number of benzene rings is 1. The molecule has 3 rings (SSSR count). The lowest BCUT2D eigenvalue weighted by atomic mass is 10.1. The van der Waals surface area contributed by atoms with Crippen LogP contribution in [-0.4, -0.2) is 15.9 Å². The number of nitrogens with one attached hydrogen (secondary N) is 1. The predicted octanol–water partition coefficient (Wildman–Crippen LogP) is 3.41. The number of hydrogen-bond donors (Lipinski definition) is 1. The predicted molar refractivity (Wildman–Crippen MR) is 83.2 cm³/mol. The Morgan fingerprint density at radius 1 is 1.26 bits per heavy atom. The normalized spacial score (nSPS) is 14.0. The molecule has 1 aliphatic rings. The van der Waals surface area contributed by atoms with Crippen LogP contribution in [0.4, 0.5) is 10.5 Å². The Morgan fingerprint density at radius 3 is 2.78 bits per heavy atom. The number of rotatable bonds is 4. The Kier molecular flexibility index (Phi) is 3.68. The maximum absolute atomic E-state index is 11.8. The van der Waals surface area contributed by atoms with Gasteiger partial charge in [-0.1, -0.05) is 18.7 Å². The lowest BCUT2D eigenvalue weighted by molar-refractivity contribution is -0.384.